The van der Waals surface area contributed by atoms with Crippen LogP contribution < -0.4 is 10.6 Å². The maximum atomic E-state index is 12.0. The van der Waals surface area contributed by atoms with Crippen molar-refractivity contribution in [2.24, 2.45) is 5.73 Å². The first-order valence-electron chi connectivity index (χ1n) is 6.46. The Morgan fingerprint density at radius 3 is 2.42 bits per heavy atom. The summed E-state index contributed by atoms with van der Waals surface area (Å²) in [6.07, 6.45) is 2.25. The van der Waals surface area contributed by atoms with Gasteiger partial charge in [0.05, 0.1) is 6.54 Å². The molecule has 1 aromatic carbocycles. The van der Waals surface area contributed by atoms with E-state index < -0.39 is 0 Å². The second kappa shape index (κ2) is 6.02. The lowest BCUT2D eigenvalue weighted by Gasteiger charge is -2.23. The van der Waals surface area contributed by atoms with Crippen LogP contribution in [-0.2, 0) is 4.79 Å². The van der Waals surface area contributed by atoms with E-state index in [0.29, 0.717) is 11.5 Å². The van der Waals surface area contributed by atoms with Crippen LogP contribution in [-0.4, -0.2) is 42.5 Å². The molecule has 0 aromatic heterocycles. The molecule has 1 fully saturated rings. The van der Waals surface area contributed by atoms with E-state index in [1.165, 1.54) is 0 Å². The predicted molar refractivity (Wildman–Crippen MR) is 81.4 cm³/mol. The summed E-state index contributed by atoms with van der Waals surface area (Å²) >= 11 is 4.92. The lowest BCUT2D eigenvalue weighted by atomic mass is 10.2. The Labute approximate surface area is 119 Å². The predicted octanol–water partition coefficient (Wildman–Crippen LogP) is 1.38. The van der Waals surface area contributed by atoms with Crippen LogP contribution in [0.3, 0.4) is 0 Å². The third-order valence-electron chi connectivity index (χ3n) is 3.42. The number of carbonyl (C=O) groups excluding carboxylic acids is 1. The molecular weight excluding hydrogens is 258 g/mol. The van der Waals surface area contributed by atoms with Crippen molar-refractivity contribution in [3.05, 3.63) is 29.8 Å². The first kappa shape index (κ1) is 13.8. The van der Waals surface area contributed by atoms with E-state index in [2.05, 4.69) is 0 Å². The van der Waals surface area contributed by atoms with Crippen molar-refractivity contribution in [1.82, 2.24) is 4.90 Å². The van der Waals surface area contributed by atoms with E-state index >= 15 is 0 Å². The molecule has 4 nitrogen and oxygen atoms in total. The van der Waals surface area contributed by atoms with Gasteiger partial charge in [-0.25, -0.2) is 0 Å². The van der Waals surface area contributed by atoms with E-state index in [9.17, 15) is 4.79 Å². The summed E-state index contributed by atoms with van der Waals surface area (Å²) in [4.78, 5) is 16.3. The molecule has 1 aliphatic rings. The zero-order valence-electron chi connectivity index (χ0n) is 11.1. The number of amides is 1. The molecule has 1 saturated heterocycles. The van der Waals surface area contributed by atoms with Crippen molar-refractivity contribution >= 4 is 28.8 Å². The second-order valence-electron chi connectivity index (χ2n) is 4.86. The number of anilines is 1. The van der Waals surface area contributed by atoms with Gasteiger partial charge in [0.15, 0.2) is 0 Å². The number of rotatable bonds is 4. The van der Waals surface area contributed by atoms with Crippen LogP contribution in [0, 0.1) is 0 Å². The summed E-state index contributed by atoms with van der Waals surface area (Å²) < 4.78 is 0. The van der Waals surface area contributed by atoms with Gasteiger partial charge in [0.25, 0.3) is 0 Å². The van der Waals surface area contributed by atoms with Gasteiger partial charge in [0.1, 0.15) is 4.99 Å². The maximum absolute atomic E-state index is 12.0. The van der Waals surface area contributed by atoms with E-state index in [4.69, 9.17) is 18.0 Å². The number of benzene rings is 1. The maximum Gasteiger partial charge on any atom is 0.242 e. The Hall–Kier alpha value is -1.62. The average molecular weight is 277 g/mol. The van der Waals surface area contributed by atoms with Crippen LogP contribution in [0.2, 0.25) is 0 Å². The van der Waals surface area contributed by atoms with Gasteiger partial charge in [0.2, 0.25) is 5.91 Å². The highest BCUT2D eigenvalue weighted by Gasteiger charge is 2.19. The van der Waals surface area contributed by atoms with Gasteiger partial charge in [0, 0.05) is 31.4 Å². The van der Waals surface area contributed by atoms with Crippen LogP contribution in [0.15, 0.2) is 24.3 Å². The Balaban J connectivity index is 1.97. The SMILES string of the molecule is CN(CC(=O)N1CCCC1)c1ccc(C(N)=S)cc1. The standard InChI is InChI=1S/C14H19N3OS/c1-16(10-13(18)17-8-2-3-9-17)12-6-4-11(5-7-12)14(15)19/h4-7H,2-3,8-10H2,1H3,(H2,15,19). The highest BCUT2D eigenvalue weighted by molar-refractivity contribution is 7.80. The molecule has 0 atom stereocenters. The molecule has 5 heteroatoms. The fourth-order valence-corrected chi connectivity index (χ4v) is 2.38. The highest BCUT2D eigenvalue weighted by Crippen LogP contribution is 2.15. The summed E-state index contributed by atoms with van der Waals surface area (Å²) in [6.45, 7) is 2.20. The Morgan fingerprint density at radius 2 is 1.89 bits per heavy atom. The summed E-state index contributed by atoms with van der Waals surface area (Å²) in [7, 11) is 1.92. The smallest absolute Gasteiger partial charge is 0.242 e. The molecule has 2 rings (SSSR count). The fraction of sp³-hybridized carbons (Fsp3) is 0.429. The normalized spacial score (nSPS) is 14.5. The molecule has 1 heterocycles. The Morgan fingerprint density at radius 1 is 1.32 bits per heavy atom. The van der Waals surface area contributed by atoms with E-state index in [1.54, 1.807) is 0 Å². The number of carbonyl (C=O) groups is 1. The minimum atomic E-state index is 0.193. The van der Waals surface area contributed by atoms with Crippen molar-refractivity contribution in [2.75, 3.05) is 31.6 Å². The number of nitrogens with zero attached hydrogens (tertiary/aromatic N) is 2. The van der Waals surface area contributed by atoms with Gasteiger partial charge in [-0.2, -0.15) is 0 Å². The van der Waals surface area contributed by atoms with Gasteiger partial charge in [-0.05, 0) is 37.1 Å². The van der Waals surface area contributed by atoms with Gasteiger partial charge >= 0.3 is 0 Å². The minimum Gasteiger partial charge on any atom is -0.389 e. The molecule has 102 valence electrons. The molecule has 0 unspecified atom stereocenters. The molecule has 0 bridgehead atoms. The van der Waals surface area contributed by atoms with Crippen molar-refractivity contribution in [1.29, 1.82) is 0 Å². The van der Waals surface area contributed by atoms with E-state index in [0.717, 1.165) is 37.2 Å². The van der Waals surface area contributed by atoms with Crippen molar-refractivity contribution in [3.8, 4) is 0 Å². The monoisotopic (exact) mass is 277 g/mol. The molecule has 1 aliphatic heterocycles. The van der Waals surface area contributed by atoms with Crippen LogP contribution in [0.5, 0.6) is 0 Å². The lowest BCUT2D eigenvalue weighted by molar-refractivity contribution is -0.128. The number of hydrogen-bond acceptors (Lipinski definition) is 3. The zero-order chi connectivity index (χ0) is 13.8. The summed E-state index contributed by atoms with van der Waals surface area (Å²) in [5, 5.41) is 0. The number of nitrogens with two attached hydrogens (primary N) is 1. The van der Waals surface area contributed by atoms with Crippen molar-refractivity contribution in [2.45, 2.75) is 12.8 Å². The average Bonchev–Trinajstić information content (AvgIpc) is 2.92. The van der Waals surface area contributed by atoms with Crippen molar-refractivity contribution in [3.63, 3.8) is 0 Å². The van der Waals surface area contributed by atoms with Crippen LogP contribution in [0.1, 0.15) is 18.4 Å². The summed E-state index contributed by atoms with van der Waals surface area (Å²) in [5.41, 5.74) is 7.40. The second-order valence-corrected chi connectivity index (χ2v) is 5.29. The topological polar surface area (TPSA) is 49.6 Å². The fourth-order valence-electron chi connectivity index (χ4n) is 2.24. The third kappa shape index (κ3) is 3.44. The summed E-state index contributed by atoms with van der Waals surface area (Å²) in [6, 6.07) is 7.64. The first-order chi connectivity index (χ1) is 9.08. The van der Waals surface area contributed by atoms with Crippen LogP contribution in [0.25, 0.3) is 0 Å². The number of hydrogen-bond donors (Lipinski definition) is 1. The molecule has 0 radical (unpaired) electrons. The van der Waals surface area contributed by atoms with Gasteiger partial charge in [-0.3, -0.25) is 4.79 Å². The molecule has 0 aliphatic carbocycles. The largest absolute Gasteiger partial charge is 0.389 e. The Bertz CT molecular complexity index is 466. The highest BCUT2D eigenvalue weighted by atomic mass is 32.1. The Kier molecular flexibility index (Phi) is 4.37. The van der Waals surface area contributed by atoms with Crippen LogP contribution >= 0.6 is 12.2 Å². The van der Waals surface area contributed by atoms with Gasteiger partial charge in [-0.1, -0.05) is 12.2 Å². The number of thiocarbonyl (C=S) groups is 1. The van der Waals surface area contributed by atoms with Crippen LogP contribution in [0.4, 0.5) is 5.69 Å². The third-order valence-corrected chi connectivity index (χ3v) is 3.66. The number of likely N-dealkylation sites (tertiary alicyclic amines) is 1. The quantitative estimate of drug-likeness (QED) is 0.845. The molecule has 0 saturated carbocycles. The first-order valence-corrected chi connectivity index (χ1v) is 6.87. The van der Waals surface area contributed by atoms with Crippen molar-refractivity contribution < 1.29 is 4.79 Å². The molecular formula is C14H19N3OS. The molecule has 19 heavy (non-hydrogen) atoms. The molecule has 1 aromatic rings. The lowest BCUT2D eigenvalue weighted by Crippen LogP contribution is -2.37. The molecule has 2 N–H and O–H groups in total. The van der Waals surface area contributed by atoms with E-state index in [1.807, 2.05) is 41.1 Å². The molecule has 1 amide bonds. The minimum absolute atomic E-state index is 0.193. The van der Waals surface area contributed by atoms with Gasteiger partial charge in [-0.15, -0.1) is 0 Å². The number of likely N-dealkylation sites (N-methyl/N-ethyl adjacent to an activating group) is 1. The zero-order valence-corrected chi connectivity index (χ0v) is 11.9. The molecule has 0 spiro atoms. The summed E-state index contributed by atoms with van der Waals surface area (Å²) in [5.74, 6) is 0.193. The van der Waals surface area contributed by atoms with E-state index in [-0.39, 0.29) is 5.91 Å². The van der Waals surface area contributed by atoms with Gasteiger partial charge < -0.3 is 15.5 Å².